The molecule has 0 spiro atoms. The van der Waals surface area contributed by atoms with Crippen molar-refractivity contribution >= 4 is 10.0 Å². The molecule has 2 rings (SSSR count). The highest BCUT2D eigenvalue weighted by atomic mass is 32.2. The summed E-state index contributed by atoms with van der Waals surface area (Å²) in [5.41, 5.74) is 1.76. The van der Waals surface area contributed by atoms with Crippen LogP contribution in [0.25, 0.3) is 0 Å². The maximum absolute atomic E-state index is 11.8. The number of hydrogen-bond donors (Lipinski definition) is 2. The van der Waals surface area contributed by atoms with Crippen LogP contribution in [0.3, 0.4) is 0 Å². The number of aromatic nitrogens is 3. The summed E-state index contributed by atoms with van der Waals surface area (Å²) in [6, 6.07) is 6.89. The summed E-state index contributed by atoms with van der Waals surface area (Å²) in [7, 11) is -2.02. The van der Waals surface area contributed by atoms with Crippen molar-refractivity contribution in [1.29, 1.82) is 0 Å². The molecule has 1 aromatic carbocycles. The summed E-state index contributed by atoms with van der Waals surface area (Å²) in [6.07, 6.45) is 1.73. The van der Waals surface area contributed by atoms with Gasteiger partial charge in [-0.15, -0.1) is 0 Å². The fourth-order valence-corrected chi connectivity index (χ4v) is 2.80. The molecule has 0 saturated heterocycles. The molecule has 0 saturated carbocycles. The summed E-state index contributed by atoms with van der Waals surface area (Å²) in [6.45, 7) is 5.27. The average Bonchev–Trinajstić information content (AvgIpc) is 3.00. The van der Waals surface area contributed by atoms with Gasteiger partial charge in [-0.05, 0) is 38.6 Å². The van der Waals surface area contributed by atoms with Crippen LogP contribution in [0.5, 0.6) is 0 Å². The number of nitrogens with one attached hydrogen (secondary N) is 2. The first kappa shape index (κ1) is 16.6. The van der Waals surface area contributed by atoms with Crippen molar-refractivity contribution in [3.8, 4) is 0 Å². The largest absolute Gasteiger partial charge is 0.304 e. The molecule has 120 valence electrons. The third-order valence-corrected chi connectivity index (χ3v) is 4.81. The van der Waals surface area contributed by atoms with Crippen LogP contribution >= 0.6 is 0 Å². The number of aryl methyl sites for hydroxylation is 1. The van der Waals surface area contributed by atoms with Gasteiger partial charge in [0.25, 0.3) is 0 Å². The molecule has 8 heteroatoms. The van der Waals surface area contributed by atoms with E-state index in [1.54, 1.807) is 29.2 Å². The second kappa shape index (κ2) is 6.99. The molecule has 2 N–H and O–H groups in total. The van der Waals surface area contributed by atoms with Gasteiger partial charge in [0, 0.05) is 12.6 Å². The molecule has 1 aromatic heterocycles. The first-order valence-corrected chi connectivity index (χ1v) is 8.60. The maximum atomic E-state index is 11.8. The Hall–Kier alpha value is -1.77. The van der Waals surface area contributed by atoms with Gasteiger partial charge in [0.1, 0.15) is 0 Å². The lowest BCUT2D eigenvalue weighted by Crippen LogP contribution is -2.21. The number of hydrogen-bond acceptors (Lipinski definition) is 5. The van der Waals surface area contributed by atoms with Crippen LogP contribution < -0.4 is 10.0 Å². The summed E-state index contributed by atoms with van der Waals surface area (Å²) in [4.78, 5) is 1.89. The van der Waals surface area contributed by atoms with Crippen molar-refractivity contribution < 1.29 is 8.42 Å². The molecular formula is C14H21N5O2S. The summed E-state index contributed by atoms with van der Waals surface area (Å²) >= 11 is 0. The lowest BCUT2D eigenvalue weighted by Gasteiger charge is -2.14. The molecule has 1 unspecified atom stereocenters. The maximum Gasteiger partial charge on any atom is 0.240 e. The van der Waals surface area contributed by atoms with Crippen LogP contribution in [0.4, 0.5) is 0 Å². The van der Waals surface area contributed by atoms with E-state index < -0.39 is 10.0 Å². The van der Waals surface area contributed by atoms with Crippen molar-refractivity contribution in [2.24, 2.45) is 0 Å². The van der Waals surface area contributed by atoms with E-state index in [1.165, 1.54) is 7.05 Å². The third kappa shape index (κ3) is 3.90. The van der Waals surface area contributed by atoms with Crippen LogP contribution in [-0.4, -0.2) is 30.5 Å². The number of sulfonamides is 1. The Bertz CT molecular complexity index is 726. The minimum Gasteiger partial charge on any atom is -0.304 e. The van der Waals surface area contributed by atoms with Crippen LogP contribution in [0.2, 0.25) is 0 Å². The predicted octanol–water partition coefficient (Wildman–Crippen LogP) is 1.06. The van der Waals surface area contributed by atoms with E-state index in [2.05, 4.69) is 20.2 Å². The molecule has 1 heterocycles. The Morgan fingerprint density at radius 2 is 2.14 bits per heavy atom. The first-order chi connectivity index (χ1) is 10.5. The second-order valence-corrected chi connectivity index (χ2v) is 6.79. The highest BCUT2D eigenvalue weighted by molar-refractivity contribution is 7.89. The van der Waals surface area contributed by atoms with E-state index in [-0.39, 0.29) is 10.9 Å². The Morgan fingerprint density at radius 1 is 1.36 bits per heavy atom. The van der Waals surface area contributed by atoms with E-state index in [1.807, 2.05) is 19.9 Å². The van der Waals surface area contributed by atoms with E-state index >= 15 is 0 Å². The van der Waals surface area contributed by atoms with Crippen molar-refractivity contribution in [1.82, 2.24) is 25.0 Å². The number of rotatable bonds is 7. The second-order valence-electron chi connectivity index (χ2n) is 4.91. The quantitative estimate of drug-likeness (QED) is 0.795. The molecule has 0 aliphatic carbocycles. The van der Waals surface area contributed by atoms with Gasteiger partial charge in [0.15, 0.2) is 0 Å². The Kier molecular flexibility index (Phi) is 5.28. The Balaban J connectivity index is 2.06. The molecule has 0 radical (unpaired) electrons. The molecule has 0 aliphatic rings. The zero-order chi connectivity index (χ0) is 16.2. The number of benzene rings is 1. The zero-order valence-electron chi connectivity index (χ0n) is 12.9. The van der Waals surface area contributed by atoms with E-state index in [4.69, 9.17) is 0 Å². The van der Waals surface area contributed by atoms with E-state index in [0.717, 1.165) is 17.8 Å². The van der Waals surface area contributed by atoms with Crippen LogP contribution in [0, 0.1) is 0 Å². The van der Waals surface area contributed by atoms with Crippen LogP contribution in [0.15, 0.2) is 35.4 Å². The van der Waals surface area contributed by atoms with Gasteiger partial charge in [-0.3, -0.25) is 0 Å². The SMILES string of the molecule is CCn1ncc(CNC(C)c2cccc(S(=O)(=O)NC)c2)n1. The van der Waals surface area contributed by atoms with Crippen LogP contribution in [0.1, 0.15) is 31.1 Å². The van der Waals surface area contributed by atoms with Crippen LogP contribution in [-0.2, 0) is 23.1 Å². The number of nitrogens with zero attached hydrogens (tertiary/aromatic N) is 3. The lowest BCUT2D eigenvalue weighted by atomic mass is 10.1. The molecule has 0 aliphatic heterocycles. The molecule has 0 fully saturated rings. The first-order valence-electron chi connectivity index (χ1n) is 7.12. The van der Waals surface area contributed by atoms with E-state index in [0.29, 0.717) is 6.54 Å². The summed E-state index contributed by atoms with van der Waals surface area (Å²) in [5, 5.41) is 11.7. The van der Waals surface area contributed by atoms with Gasteiger partial charge in [0.05, 0.1) is 23.3 Å². The third-order valence-electron chi connectivity index (χ3n) is 3.39. The molecule has 1 atom stereocenters. The highest BCUT2D eigenvalue weighted by Gasteiger charge is 2.14. The lowest BCUT2D eigenvalue weighted by molar-refractivity contribution is 0.537. The zero-order valence-corrected chi connectivity index (χ0v) is 13.8. The summed E-state index contributed by atoms with van der Waals surface area (Å²) < 4.78 is 26.0. The highest BCUT2D eigenvalue weighted by Crippen LogP contribution is 2.17. The van der Waals surface area contributed by atoms with Crippen molar-refractivity contribution in [2.45, 2.75) is 37.9 Å². The topological polar surface area (TPSA) is 88.9 Å². The van der Waals surface area contributed by atoms with Crippen molar-refractivity contribution in [3.63, 3.8) is 0 Å². The Morgan fingerprint density at radius 3 is 2.77 bits per heavy atom. The molecule has 7 nitrogen and oxygen atoms in total. The molecular weight excluding hydrogens is 302 g/mol. The predicted molar refractivity (Wildman–Crippen MR) is 83.6 cm³/mol. The molecule has 2 aromatic rings. The fourth-order valence-electron chi connectivity index (χ4n) is 2.01. The molecule has 0 amide bonds. The summed E-state index contributed by atoms with van der Waals surface area (Å²) in [5.74, 6) is 0. The van der Waals surface area contributed by atoms with Crippen molar-refractivity contribution in [3.05, 3.63) is 41.7 Å². The van der Waals surface area contributed by atoms with Gasteiger partial charge in [0.2, 0.25) is 10.0 Å². The standard InChI is InChI=1S/C14H21N5O2S/c1-4-19-17-10-13(18-19)9-16-11(2)12-6-5-7-14(8-12)22(20,21)15-3/h5-8,10-11,15-16H,4,9H2,1-3H3. The molecule has 0 bridgehead atoms. The van der Waals surface area contributed by atoms with Gasteiger partial charge < -0.3 is 5.32 Å². The minimum absolute atomic E-state index is 0.00113. The van der Waals surface area contributed by atoms with Gasteiger partial charge >= 0.3 is 0 Å². The van der Waals surface area contributed by atoms with Gasteiger partial charge in [-0.1, -0.05) is 12.1 Å². The smallest absolute Gasteiger partial charge is 0.240 e. The van der Waals surface area contributed by atoms with E-state index in [9.17, 15) is 8.42 Å². The van der Waals surface area contributed by atoms with Gasteiger partial charge in [-0.25, -0.2) is 13.1 Å². The Labute approximate surface area is 130 Å². The molecule has 22 heavy (non-hydrogen) atoms. The van der Waals surface area contributed by atoms with Crippen molar-refractivity contribution in [2.75, 3.05) is 7.05 Å². The fraction of sp³-hybridized carbons (Fsp3) is 0.429. The normalized spacial score (nSPS) is 13.2. The average molecular weight is 323 g/mol. The monoisotopic (exact) mass is 323 g/mol. The minimum atomic E-state index is -3.42. The van der Waals surface area contributed by atoms with Gasteiger partial charge in [-0.2, -0.15) is 15.0 Å².